The van der Waals surface area contributed by atoms with E-state index in [0.717, 1.165) is 12.2 Å². The van der Waals surface area contributed by atoms with E-state index in [4.69, 9.17) is 0 Å². The third-order valence-corrected chi connectivity index (χ3v) is 14.1. The van der Waals surface area contributed by atoms with Gasteiger partial charge in [0.05, 0.1) is 16.1 Å². The summed E-state index contributed by atoms with van der Waals surface area (Å²) in [6.07, 6.45) is 0. The molecule has 2 heterocycles. The molecule has 2 aromatic heterocycles. The maximum absolute atomic E-state index is 2.52. The van der Waals surface area contributed by atoms with Crippen LogP contribution in [-0.2, 0) is 6.54 Å². The van der Waals surface area contributed by atoms with E-state index in [1.807, 2.05) is 22.7 Å². The number of thiophene rings is 2. The lowest BCUT2D eigenvalue weighted by Crippen LogP contribution is -2.17. The lowest BCUT2D eigenvalue weighted by molar-refractivity contribution is 0.992. The fourth-order valence-electron chi connectivity index (χ4n) is 9.12. The van der Waals surface area contributed by atoms with E-state index in [1.165, 1.54) is 101 Å². The van der Waals surface area contributed by atoms with Crippen LogP contribution in [0, 0.1) is 0 Å². The van der Waals surface area contributed by atoms with E-state index < -0.39 is 0 Å². The first kappa shape index (κ1) is 32.5. The number of para-hydroxylation sites is 2. The zero-order valence-electron chi connectivity index (χ0n) is 30.9. The number of anilines is 5. The summed E-state index contributed by atoms with van der Waals surface area (Å²) in [7, 11) is 0. The fourth-order valence-corrected chi connectivity index (χ4v) is 11.5. The second-order valence-electron chi connectivity index (χ2n) is 14.8. The van der Waals surface area contributed by atoms with Crippen molar-refractivity contribution in [3.05, 3.63) is 200 Å². The summed E-state index contributed by atoms with van der Waals surface area (Å²) in [5, 5.41) is 12.9. The van der Waals surface area contributed by atoms with E-state index in [-0.39, 0.29) is 0 Å². The van der Waals surface area contributed by atoms with Crippen molar-refractivity contribution in [3.8, 4) is 0 Å². The quantitative estimate of drug-likeness (QED) is 0.149. The van der Waals surface area contributed by atoms with Gasteiger partial charge < -0.3 is 9.80 Å². The molecule has 0 spiro atoms. The largest absolute Gasteiger partial charge is 0.336 e. The van der Waals surface area contributed by atoms with Gasteiger partial charge in [-0.3, -0.25) is 0 Å². The minimum atomic E-state index is 0.754. The molecule has 0 saturated carbocycles. The van der Waals surface area contributed by atoms with Gasteiger partial charge in [0, 0.05) is 70.0 Å². The van der Waals surface area contributed by atoms with E-state index in [2.05, 4.69) is 204 Å². The number of rotatable bonds is 7. The van der Waals surface area contributed by atoms with E-state index in [9.17, 15) is 0 Å². The molecular formula is C53H34N2S2. The molecule has 2 nitrogen and oxygen atoms in total. The lowest BCUT2D eigenvalue weighted by Gasteiger charge is -2.29. The van der Waals surface area contributed by atoms with Gasteiger partial charge in [0.25, 0.3) is 0 Å². The average molecular weight is 763 g/mol. The Morgan fingerprint density at radius 3 is 1.53 bits per heavy atom. The highest BCUT2D eigenvalue weighted by Gasteiger charge is 2.23. The Balaban J connectivity index is 1.09. The van der Waals surface area contributed by atoms with Gasteiger partial charge in [-0.15, -0.1) is 22.7 Å². The van der Waals surface area contributed by atoms with Crippen molar-refractivity contribution < 1.29 is 0 Å². The Hall–Kier alpha value is -6.72. The predicted molar refractivity (Wildman–Crippen MR) is 249 cm³/mol. The van der Waals surface area contributed by atoms with Crippen LogP contribution in [0.25, 0.3) is 72.7 Å². The summed E-state index contributed by atoms with van der Waals surface area (Å²) >= 11 is 3.78. The van der Waals surface area contributed by atoms with Crippen molar-refractivity contribution in [2.75, 3.05) is 9.80 Å². The molecule has 268 valence electrons. The summed E-state index contributed by atoms with van der Waals surface area (Å²) in [5.74, 6) is 0. The van der Waals surface area contributed by atoms with E-state index in [1.54, 1.807) is 0 Å². The maximum Gasteiger partial charge on any atom is 0.0640 e. The SMILES string of the molecule is c1ccc(N(Cc2cccc3c2sc2ccccc23)c2ccc3ccc4c(N(c5ccccc5)c5cccc6c5sc5ccccc56)ccc5ccc2c3c54)cc1. The van der Waals surface area contributed by atoms with Crippen LogP contribution >= 0.6 is 22.7 Å². The second-order valence-corrected chi connectivity index (χ2v) is 16.9. The van der Waals surface area contributed by atoms with Gasteiger partial charge in [0.15, 0.2) is 0 Å². The Labute approximate surface area is 338 Å². The highest BCUT2D eigenvalue weighted by molar-refractivity contribution is 7.26. The smallest absolute Gasteiger partial charge is 0.0640 e. The Morgan fingerprint density at radius 1 is 0.333 bits per heavy atom. The molecule has 0 aliphatic rings. The molecule has 0 saturated heterocycles. The Bertz CT molecular complexity index is 3460. The van der Waals surface area contributed by atoms with Crippen LogP contribution in [-0.4, -0.2) is 0 Å². The van der Waals surface area contributed by atoms with Crippen molar-refractivity contribution >= 4 is 124 Å². The normalized spacial score (nSPS) is 11.9. The minimum absolute atomic E-state index is 0.754. The lowest BCUT2D eigenvalue weighted by atomic mass is 9.91. The molecule has 0 unspecified atom stereocenters. The topological polar surface area (TPSA) is 6.48 Å². The van der Waals surface area contributed by atoms with Crippen molar-refractivity contribution in [3.63, 3.8) is 0 Å². The van der Waals surface area contributed by atoms with Gasteiger partial charge in [-0.1, -0.05) is 140 Å². The molecule has 0 amide bonds. The molecule has 0 radical (unpaired) electrons. The zero-order valence-corrected chi connectivity index (χ0v) is 32.5. The standard InChI is InChI=1S/C53H34N2S2/c1-3-14-37(15-4-1)54(33-36-13-11-20-41-39-18-7-9-23-48(39)56-52(36)41)45-31-27-34-26-30-44-46(32-28-35-25-29-43(45)50(34)51(35)44)55(38-16-5-2-6-17-38)47-22-12-21-42-40-19-8-10-24-49(40)57-53(42)47/h1-32H,33H2. The zero-order chi connectivity index (χ0) is 37.5. The van der Waals surface area contributed by atoms with Crippen molar-refractivity contribution in [2.24, 2.45) is 0 Å². The molecular weight excluding hydrogens is 729 g/mol. The maximum atomic E-state index is 2.52. The van der Waals surface area contributed by atoms with Crippen molar-refractivity contribution in [2.45, 2.75) is 6.54 Å². The number of nitrogens with zero attached hydrogens (tertiary/aromatic N) is 2. The molecule has 0 atom stereocenters. The van der Waals surface area contributed by atoms with Crippen LogP contribution in [0.3, 0.4) is 0 Å². The van der Waals surface area contributed by atoms with Crippen molar-refractivity contribution in [1.29, 1.82) is 0 Å². The monoisotopic (exact) mass is 762 g/mol. The first-order valence-corrected chi connectivity index (χ1v) is 21.1. The van der Waals surface area contributed by atoms with E-state index in [0.29, 0.717) is 0 Å². The summed E-state index contributed by atoms with van der Waals surface area (Å²) in [4.78, 5) is 5.00. The third-order valence-electron chi connectivity index (χ3n) is 11.7. The number of hydrogen-bond donors (Lipinski definition) is 0. The molecule has 0 bridgehead atoms. The van der Waals surface area contributed by atoms with Crippen molar-refractivity contribution in [1.82, 2.24) is 0 Å². The summed E-state index contributed by atoms with van der Waals surface area (Å²) in [6.45, 7) is 0.754. The third kappa shape index (κ3) is 5.08. The molecule has 12 aromatic rings. The van der Waals surface area contributed by atoms with Crippen LogP contribution in [0.15, 0.2) is 194 Å². The number of benzene rings is 10. The van der Waals surface area contributed by atoms with Crippen LogP contribution in [0.4, 0.5) is 28.4 Å². The van der Waals surface area contributed by atoms with E-state index >= 15 is 0 Å². The second kappa shape index (κ2) is 12.9. The predicted octanol–water partition coefficient (Wildman–Crippen LogP) is 16.1. The average Bonchev–Trinajstić information content (AvgIpc) is 3.86. The fraction of sp³-hybridized carbons (Fsp3) is 0.0189. The van der Waals surface area contributed by atoms with Crippen LogP contribution in [0.2, 0.25) is 0 Å². The highest BCUT2D eigenvalue weighted by atomic mass is 32.1. The molecule has 0 aliphatic heterocycles. The molecule has 0 aliphatic carbocycles. The Kier molecular flexibility index (Phi) is 7.37. The highest BCUT2D eigenvalue weighted by Crippen LogP contribution is 2.49. The molecule has 0 N–H and O–H groups in total. The molecule has 10 aromatic carbocycles. The summed E-state index contributed by atoms with van der Waals surface area (Å²) < 4.78 is 5.29. The summed E-state index contributed by atoms with van der Waals surface area (Å²) in [6, 6.07) is 71.6. The van der Waals surface area contributed by atoms with Gasteiger partial charge in [-0.2, -0.15) is 0 Å². The first-order valence-electron chi connectivity index (χ1n) is 19.5. The molecule has 57 heavy (non-hydrogen) atoms. The van der Waals surface area contributed by atoms with Gasteiger partial charge in [0.2, 0.25) is 0 Å². The molecule has 12 rings (SSSR count). The number of hydrogen-bond acceptors (Lipinski definition) is 4. The van der Waals surface area contributed by atoms with Crippen LogP contribution in [0.5, 0.6) is 0 Å². The minimum Gasteiger partial charge on any atom is -0.336 e. The number of fused-ring (bicyclic) bond motifs is 6. The summed E-state index contributed by atoms with van der Waals surface area (Å²) in [5.41, 5.74) is 7.24. The molecule has 4 heteroatoms. The van der Waals surface area contributed by atoms with Gasteiger partial charge in [-0.25, -0.2) is 0 Å². The van der Waals surface area contributed by atoms with Gasteiger partial charge in [-0.05, 0) is 81.7 Å². The first-order chi connectivity index (χ1) is 28.3. The van der Waals surface area contributed by atoms with Crippen LogP contribution < -0.4 is 9.80 Å². The van der Waals surface area contributed by atoms with Gasteiger partial charge in [0.1, 0.15) is 0 Å². The van der Waals surface area contributed by atoms with Gasteiger partial charge >= 0.3 is 0 Å². The van der Waals surface area contributed by atoms with Crippen LogP contribution in [0.1, 0.15) is 5.56 Å². The Morgan fingerprint density at radius 2 is 0.842 bits per heavy atom. The molecule has 0 fully saturated rings.